The predicted octanol–water partition coefficient (Wildman–Crippen LogP) is 3.47. The Balaban J connectivity index is 1.91. The fourth-order valence-electron chi connectivity index (χ4n) is 3.44. The molecule has 2 aromatic carbocycles. The molecule has 0 radical (unpaired) electrons. The number of carbonyl (C=O) groups is 1. The maximum atomic E-state index is 13.1. The number of anilines is 1. The number of sulfonamides is 1. The maximum Gasteiger partial charge on any atom is 0.243 e. The van der Waals surface area contributed by atoms with Crippen molar-refractivity contribution in [3.05, 3.63) is 52.5 Å². The summed E-state index contributed by atoms with van der Waals surface area (Å²) in [5.74, 6) is 0.538. The summed E-state index contributed by atoms with van der Waals surface area (Å²) in [6.45, 7) is 2.30. The van der Waals surface area contributed by atoms with Crippen LogP contribution in [0.25, 0.3) is 0 Å². The molecule has 0 bridgehead atoms. The van der Waals surface area contributed by atoms with E-state index in [2.05, 4.69) is 0 Å². The standard InChI is InChI=1S/C20H23ClN2O4S/c1-14(24)23-10-4-5-15-12-18(7-8-19(15)23)28(25,26)22(2)13-16-11-17(21)6-9-20(16)27-3/h6-9,11-12H,4-5,10,13H2,1-3H3. The Bertz CT molecular complexity index is 1010. The van der Waals surface area contributed by atoms with Crippen LogP contribution >= 0.6 is 11.6 Å². The van der Waals surface area contributed by atoms with Crippen LogP contribution in [0, 0.1) is 0 Å². The topological polar surface area (TPSA) is 66.9 Å². The fourth-order valence-corrected chi connectivity index (χ4v) is 4.83. The molecule has 0 aromatic heterocycles. The van der Waals surface area contributed by atoms with Crippen molar-refractivity contribution in [1.29, 1.82) is 0 Å². The smallest absolute Gasteiger partial charge is 0.243 e. The SMILES string of the molecule is COc1ccc(Cl)cc1CN(C)S(=O)(=O)c1ccc2c(c1)CCCN2C(C)=O. The van der Waals surface area contributed by atoms with Gasteiger partial charge in [-0.1, -0.05) is 11.6 Å². The molecule has 0 saturated carbocycles. The van der Waals surface area contributed by atoms with Gasteiger partial charge in [-0.25, -0.2) is 8.42 Å². The van der Waals surface area contributed by atoms with Gasteiger partial charge in [-0.15, -0.1) is 0 Å². The number of amides is 1. The first-order chi connectivity index (χ1) is 13.2. The molecular weight excluding hydrogens is 400 g/mol. The molecule has 150 valence electrons. The Hall–Kier alpha value is -2.09. The van der Waals surface area contributed by atoms with Gasteiger partial charge >= 0.3 is 0 Å². The molecule has 6 nitrogen and oxygen atoms in total. The third kappa shape index (κ3) is 4.01. The lowest BCUT2D eigenvalue weighted by Gasteiger charge is -2.29. The molecule has 28 heavy (non-hydrogen) atoms. The second kappa shape index (κ2) is 8.11. The molecular formula is C20H23ClN2O4S. The first kappa shape index (κ1) is 20.6. The Morgan fingerprint density at radius 2 is 2.00 bits per heavy atom. The van der Waals surface area contributed by atoms with Crippen molar-refractivity contribution in [2.75, 3.05) is 25.6 Å². The number of aryl methyl sites for hydroxylation is 1. The molecule has 1 heterocycles. The minimum absolute atomic E-state index is 0.0401. The second-order valence-corrected chi connectivity index (χ2v) is 9.26. The zero-order valence-electron chi connectivity index (χ0n) is 16.1. The molecule has 0 aliphatic carbocycles. The van der Waals surface area contributed by atoms with E-state index in [1.165, 1.54) is 25.4 Å². The summed E-state index contributed by atoms with van der Waals surface area (Å²) in [5.41, 5.74) is 2.34. The van der Waals surface area contributed by atoms with Gasteiger partial charge in [-0.3, -0.25) is 4.79 Å². The quantitative estimate of drug-likeness (QED) is 0.739. The van der Waals surface area contributed by atoms with E-state index in [4.69, 9.17) is 16.3 Å². The number of methoxy groups -OCH3 is 1. The number of hydrogen-bond acceptors (Lipinski definition) is 4. The molecule has 1 amide bonds. The van der Waals surface area contributed by atoms with Crippen LogP contribution in [0.2, 0.25) is 5.02 Å². The number of nitrogens with zero attached hydrogens (tertiary/aromatic N) is 2. The summed E-state index contributed by atoms with van der Waals surface area (Å²) in [6, 6.07) is 10.1. The van der Waals surface area contributed by atoms with Crippen molar-refractivity contribution < 1.29 is 17.9 Å². The van der Waals surface area contributed by atoms with Crippen molar-refractivity contribution in [3.8, 4) is 5.75 Å². The predicted molar refractivity (Wildman–Crippen MR) is 109 cm³/mol. The lowest BCUT2D eigenvalue weighted by Crippen LogP contribution is -2.34. The average Bonchev–Trinajstić information content (AvgIpc) is 2.67. The van der Waals surface area contributed by atoms with Crippen LogP contribution in [0.4, 0.5) is 5.69 Å². The first-order valence-electron chi connectivity index (χ1n) is 8.94. The highest BCUT2D eigenvalue weighted by atomic mass is 35.5. The van der Waals surface area contributed by atoms with Crippen LogP contribution in [0.3, 0.4) is 0 Å². The van der Waals surface area contributed by atoms with Crippen LogP contribution in [0.15, 0.2) is 41.3 Å². The molecule has 3 rings (SSSR count). The van der Waals surface area contributed by atoms with Crippen LogP contribution in [-0.2, 0) is 27.8 Å². The molecule has 0 fully saturated rings. The van der Waals surface area contributed by atoms with Gasteiger partial charge in [0.2, 0.25) is 15.9 Å². The van der Waals surface area contributed by atoms with Gasteiger partial charge in [0, 0.05) is 43.3 Å². The number of carbonyl (C=O) groups excluding carboxylic acids is 1. The lowest BCUT2D eigenvalue weighted by molar-refractivity contribution is -0.116. The number of halogens is 1. The van der Waals surface area contributed by atoms with Crippen molar-refractivity contribution in [1.82, 2.24) is 4.31 Å². The lowest BCUT2D eigenvalue weighted by atomic mass is 10.0. The summed E-state index contributed by atoms with van der Waals surface area (Å²) < 4.78 is 32.8. The van der Waals surface area contributed by atoms with E-state index < -0.39 is 10.0 Å². The van der Waals surface area contributed by atoms with E-state index in [-0.39, 0.29) is 17.3 Å². The van der Waals surface area contributed by atoms with E-state index in [0.29, 0.717) is 22.9 Å². The third-order valence-electron chi connectivity index (χ3n) is 4.89. The number of rotatable bonds is 5. The highest BCUT2D eigenvalue weighted by Crippen LogP contribution is 2.31. The Morgan fingerprint density at radius 1 is 1.25 bits per heavy atom. The monoisotopic (exact) mass is 422 g/mol. The number of fused-ring (bicyclic) bond motifs is 1. The molecule has 0 atom stereocenters. The number of ether oxygens (including phenoxy) is 1. The number of benzene rings is 2. The molecule has 0 saturated heterocycles. The van der Waals surface area contributed by atoms with Crippen LogP contribution in [-0.4, -0.2) is 39.3 Å². The van der Waals surface area contributed by atoms with E-state index in [1.807, 2.05) is 0 Å². The zero-order valence-corrected chi connectivity index (χ0v) is 17.7. The van der Waals surface area contributed by atoms with E-state index in [1.54, 1.807) is 41.3 Å². The minimum Gasteiger partial charge on any atom is -0.496 e. The van der Waals surface area contributed by atoms with Gasteiger partial charge in [0.05, 0.1) is 12.0 Å². The average molecular weight is 423 g/mol. The number of hydrogen-bond donors (Lipinski definition) is 0. The van der Waals surface area contributed by atoms with E-state index in [9.17, 15) is 13.2 Å². The molecule has 1 aliphatic rings. The molecule has 2 aromatic rings. The largest absolute Gasteiger partial charge is 0.496 e. The Morgan fingerprint density at radius 3 is 2.68 bits per heavy atom. The molecule has 8 heteroatoms. The summed E-state index contributed by atoms with van der Waals surface area (Å²) in [4.78, 5) is 13.7. The Labute approximate surface area is 170 Å². The maximum absolute atomic E-state index is 13.1. The summed E-state index contributed by atoms with van der Waals surface area (Å²) >= 11 is 6.05. The van der Waals surface area contributed by atoms with Gasteiger partial charge in [-0.2, -0.15) is 4.31 Å². The van der Waals surface area contributed by atoms with Crippen LogP contribution in [0.5, 0.6) is 5.75 Å². The summed E-state index contributed by atoms with van der Waals surface area (Å²) in [7, 11) is -0.657. The van der Waals surface area contributed by atoms with Crippen molar-refractivity contribution in [2.24, 2.45) is 0 Å². The summed E-state index contributed by atoms with van der Waals surface area (Å²) in [5, 5.41) is 0.514. The van der Waals surface area contributed by atoms with Gasteiger partial charge in [0.25, 0.3) is 0 Å². The van der Waals surface area contributed by atoms with Crippen molar-refractivity contribution in [3.63, 3.8) is 0 Å². The van der Waals surface area contributed by atoms with E-state index >= 15 is 0 Å². The fraction of sp³-hybridized carbons (Fsp3) is 0.350. The zero-order chi connectivity index (χ0) is 20.5. The van der Waals surface area contributed by atoms with Crippen molar-refractivity contribution in [2.45, 2.75) is 31.2 Å². The highest BCUT2D eigenvalue weighted by molar-refractivity contribution is 7.89. The van der Waals surface area contributed by atoms with Gasteiger partial charge < -0.3 is 9.64 Å². The Kier molecular flexibility index (Phi) is 5.98. The van der Waals surface area contributed by atoms with Gasteiger partial charge in [0.15, 0.2) is 0 Å². The first-order valence-corrected chi connectivity index (χ1v) is 10.8. The van der Waals surface area contributed by atoms with Crippen molar-refractivity contribution >= 4 is 33.2 Å². The van der Waals surface area contributed by atoms with Gasteiger partial charge in [0.1, 0.15) is 5.75 Å². The van der Waals surface area contributed by atoms with Gasteiger partial charge in [-0.05, 0) is 54.8 Å². The third-order valence-corrected chi connectivity index (χ3v) is 6.93. The molecule has 0 N–H and O–H groups in total. The normalized spacial score (nSPS) is 14.1. The van der Waals surface area contributed by atoms with E-state index in [0.717, 1.165) is 24.1 Å². The summed E-state index contributed by atoms with van der Waals surface area (Å²) in [6.07, 6.45) is 1.56. The van der Waals surface area contributed by atoms with Crippen LogP contribution < -0.4 is 9.64 Å². The second-order valence-electron chi connectivity index (χ2n) is 6.78. The highest BCUT2D eigenvalue weighted by Gasteiger charge is 2.26. The minimum atomic E-state index is -3.71. The molecule has 1 aliphatic heterocycles. The molecule has 0 spiro atoms. The molecule has 0 unspecified atom stereocenters. The van der Waals surface area contributed by atoms with Crippen LogP contribution in [0.1, 0.15) is 24.5 Å².